The summed E-state index contributed by atoms with van der Waals surface area (Å²) in [6, 6.07) is 0. The largest absolute Gasteiger partial charge is 0.503 e. The minimum absolute atomic E-state index is 0.167. The van der Waals surface area contributed by atoms with E-state index in [-0.39, 0.29) is 6.10 Å². The third-order valence-corrected chi connectivity index (χ3v) is 0. The first-order valence-corrected chi connectivity index (χ1v) is 3.05. The lowest BCUT2D eigenvalue weighted by molar-refractivity contribution is 0.137. The number of aliphatic hydroxyl groups is 1. The standard InChI is InChI=1S/C3H8O.C3H6.CH2O3/c1-3(2)4;1-3-2;2-1(3)4/h3-4H,1-2H3;3H,1H2,2H3;(H2,2,3,4). The lowest BCUT2D eigenvalue weighted by Gasteiger charge is -1.80. The quantitative estimate of drug-likeness (QED) is 0.477. The van der Waals surface area contributed by atoms with Gasteiger partial charge in [0.25, 0.3) is 0 Å². The third kappa shape index (κ3) is 411. The molecule has 11 heavy (non-hydrogen) atoms. The maximum atomic E-state index is 8.56. The van der Waals surface area contributed by atoms with Gasteiger partial charge in [-0.15, -0.1) is 6.58 Å². The van der Waals surface area contributed by atoms with Crippen LogP contribution >= 0.6 is 0 Å². The highest BCUT2D eigenvalue weighted by Crippen LogP contribution is 1.65. The highest BCUT2D eigenvalue weighted by Gasteiger charge is 1.70. The number of carbonyl (C=O) groups is 1. The van der Waals surface area contributed by atoms with E-state index in [1.807, 2.05) is 6.92 Å². The molecule has 0 fully saturated rings. The van der Waals surface area contributed by atoms with Gasteiger partial charge in [0.2, 0.25) is 0 Å². The Morgan fingerprint density at radius 3 is 1.45 bits per heavy atom. The molecule has 0 aromatic rings. The minimum Gasteiger partial charge on any atom is -0.450 e. The molecule has 0 saturated heterocycles. The van der Waals surface area contributed by atoms with Gasteiger partial charge in [0, 0.05) is 6.10 Å². The first kappa shape index (κ1) is 16.5. The maximum absolute atomic E-state index is 8.56. The van der Waals surface area contributed by atoms with Crippen molar-refractivity contribution in [3.05, 3.63) is 12.7 Å². The van der Waals surface area contributed by atoms with Gasteiger partial charge in [-0.2, -0.15) is 0 Å². The molecule has 0 aliphatic heterocycles. The van der Waals surface area contributed by atoms with Crippen LogP contribution in [0.5, 0.6) is 0 Å². The van der Waals surface area contributed by atoms with Crippen LogP contribution in [0.1, 0.15) is 20.8 Å². The molecule has 0 radical (unpaired) electrons. The Bertz CT molecular complexity index is 81.7. The molecule has 0 atom stereocenters. The molecular formula is C7H16O4. The highest BCUT2D eigenvalue weighted by molar-refractivity contribution is 5.53. The molecule has 0 rings (SSSR count). The van der Waals surface area contributed by atoms with Crippen molar-refractivity contribution in [2.24, 2.45) is 0 Å². The molecule has 0 aliphatic rings. The summed E-state index contributed by atoms with van der Waals surface area (Å²) in [5.41, 5.74) is 0. The molecule has 0 heterocycles. The fourth-order valence-corrected chi connectivity index (χ4v) is 0. The molecule has 4 nitrogen and oxygen atoms in total. The van der Waals surface area contributed by atoms with Crippen LogP contribution in [0, 0.1) is 0 Å². The van der Waals surface area contributed by atoms with Crippen molar-refractivity contribution in [2.75, 3.05) is 0 Å². The van der Waals surface area contributed by atoms with Crippen LogP contribution in [0.25, 0.3) is 0 Å². The van der Waals surface area contributed by atoms with Crippen molar-refractivity contribution in [1.29, 1.82) is 0 Å². The lowest BCUT2D eigenvalue weighted by atomic mass is 10.5. The van der Waals surface area contributed by atoms with E-state index in [1.54, 1.807) is 19.9 Å². The van der Waals surface area contributed by atoms with E-state index in [0.717, 1.165) is 0 Å². The molecule has 0 amide bonds. The van der Waals surface area contributed by atoms with E-state index < -0.39 is 6.16 Å². The third-order valence-electron chi connectivity index (χ3n) is 0. The Balaban J connectivity index is -0.0000000886. The molecule has 3 N–H and O–H groups in total. The van der Waals surface area contributed by atoms with Crippen LogP contribution in [-0.4, -0.2) is 27.6 Å². The fraction of sp³-hybridized carbons (Fsp3) is 0.571. The van der Waals surface area contributed by atoms with Gasteiger partial charge in [-0.1, -0.05) is 6.08 Å². The molecule has 0 unspecified atom stereocenters. The van der Waals surface area contributed by atoms with Gasteiger partial charge in [-0.05, 0) is 20.8 Å². The van der Waals surface area contributed by atoms with E-state index in [9.17, 15) is 0 Å². The van der Waals surface area contributed by atoms with Crippen LogP contribution < -0.4 is 0 Å². The molecule has 0 saturated carbocycles. The van der Waals surface area contributed by atoms with Crippen molar-refractivity contribution in [3.8, 4) is 0 Å². The summed E-state index contributed by atoms with van der Waals surface area (Å²) in [6.07, 6.45) is -0.250. The summed E-state index contributed by atoms with van der Waals surface area (Å²) < 4.78 is 0. The van der Waals surface area contributed by atoms with Gasteiger partial charge in [-0.25, -0.2) is 4.79 Å². The Morgan fingerprint density at radius 2 is 1.45 bits per heavy atom. The van der Waals surface area contributed by atoms with Crippen LogP contribution in [-0.2, 0) is 0 Å². The summed E-state index contributed by atoms with van der Waals surface area (Å²) in [7, 11) is 0. The summed E-state index contributed by atoms with van der Waals surface area (Å²) in [6.45, 7) is 8.69. The maximum Gasteiger partial charge on any atom is 0.503 e. The lowest BCUT2D eigenvalue weighted by Crippen LogP contribution is -1.85. The van der Waals surface area contributed by atoms with Crippen LogP contribution in [0.3, 0.4) is 0 Å². The van der Waals surface area contributed by atoms with Gasteiger partial charge in [-0.3, -0.25) is 0 Å². The first-order valence-electron chi connectivity index (χ1n) is 3.05. The Morgan fingerprint density at radius 1 is 1.45 bits per heavy atom. The summed E-state index contributed by atoms with van der Waals surface area (Å²) in [5, 5.41) is 22.0. The van der Waals surface area contributed by atoms with E-state index in [0.29, 0.717) is 0 Å². The van der Waals surface area contributed by atoms with E-state index in [1.165, 1.54) is 0 Å². The topological polar surface area (TPSA) is 77.8 Å². The molecule has 4 heteroatoms. The predicted molar refractivity (Wildman–Crippen MR) is 43.9 cm³/mol. The van der Waals surface area contributed by atoms with Crippen molar-refractivity contribution in [3.63, 3.8) is 0 Å². The van der Waals surface area contributed by atoms with E-state index in [2.05, 4.69) is 6.58 Å². The normalized spacial score (nSPS) is 6.64. The van der Waals surface area contributed by atoms with E-state index >= 15 is 0 Å². The monoisotopic (exact) mass is 164 g/mol. The second kappa shape index (κ2) is 16.0. The molecule has 0 aromatic carbocycles. The molecule has 0 aliphatic carbocycles. The number of rotatable bonds is 0. The van der Waals surface area contributed by atoms with Gasteiger partial charge >= 0.3 is 6.16 Å². The smallest absolute Gasteiger partial charge is 0.450 e. The van der Waals surface area contributed by atoms with Crippen molar-refractivity contribution in [1.82, 2.24) is 0 Å². The summed E-state index contributed by atoms with van der Waals surface area (Å²) in [5.74, 6) is 0. The number of carboxylic acid groups (broad SMARTS) is 2. The number of hydrogen-bond acceptors (Lipinski definition) is 2. The molecule has 0 bridgehead atoms. The second-order valence-corrected chi connectivity index (χ2v) is 1.78. The highest BCUT2D eigenvalue weighted by atomic mass is 16.6. The molecule has 0 spiro atoms. The van der Waals surface area contributed by atoms with Crippen LogP contribution in [0.4, 0.5) is 4.79 Å². The van der Waals surface area contributed by atoms with Gasteiger partial charge in [0.15, 0.2) is 0 Å². The average molecular weight is 164 g/mol. The zero-order valence-electron chi connectivity index (χ0n) is 7.11. The molecule has 0 aromatic heterocycles. The first-order chi connectivity index (χ1) is 4.88. The fourth-order valence-electron chi connectivity index (χ4n) is 0. The molecule has 68 valence electrons. The van der Waals surface area contributed by atoms with Crippen LogP contribution in [0.15, 0.2) is 12.7 Å². The zero-order valence-corrected chi connectivity index (χ0v) is 7.11. The van der Waals surface area contributed by atoms with Crippen molar-refractivity contribution in [2.45, 2.75) is 26.9 Å². The van der Waals surface area contributed by atoms with Crippen LogP contribution in [0.2, 0.25) is 0 Å². The second-order valence-electron chi connectivity index (χ2n) is 1.78. The Hall–Kier alpha value is -1.03. The average Bonchev–Trinajstić information content (AvgIpc) is 1.60. The Labute approximate surface area is 66.8 Å². The summed E-state index contributed by atoms with van der Waals surface area (Å²) in [4.78, 5) is 8.56. The minimum atomic E-state index is -1.83. The zero-order chi connectivity index (χ0) is 9.86. The predicted octanol–water partition coefficient (Wildman–Crippen LogP) is 1.80. The summed E-state index contributed by atoms with van der Waals surface area (Å²) >= 11 is 0. The number of hydrogen-bond donors (Lipinski definition) is 3. The van der Waals surface area contributed by atoms with Gasteiger partial charge < -0.3 is 15.3 Å². The molecular weight excluding hydrogens is 148 g/mol. The van der Waals surface area contributed by atoms with Gasteiger partial charge in [0.05, 0.1) is 0 Å². The number of aliphatic hydroxyl groups excluding tert-OH is 1. The number of allylic oxidation sites excluding steroid dienone is 1. The van der Waals surface area contributed by atoms with Crippen molar-refractivity contribution < 1.29 is 20.1 Å². The SMILES string of the molecule is C=CC.CC(C)O.O=C(O)O. The van der Waals surface area contributed by atoms with Gasteiger partial charge in [0.1, 0.15) is 0 Å². The van der Waals surface area contributed by atoms with E-state index in [4.69, 9.17) is 20.1 Å². The Kier molecular flexibility index (Phi) is 24.0. The van der Waals surface area contributed by atoms with Crippen molar-refractivity contribution >= 4 is 6.16 Å².